The maximum absolute atomic E-state index is 3.87. The quantitative estimate of drug-likeness (QED) is 0.816. The van der Waals surface area contributed by atoms with E-state index in [0.717, 1.165) is 12.5 Å². The summed E-state index contributed by atoms with van der Waals surface area (Å²) in [6.45, 7) is 4.79. The van der Waals surface area contributed by atoms with E-state index < -0.39 is 0 Å². The molecule has 2 aliphatic carbocycles. The molecule has 0 saturated heterocycles. The predicted octanol–water partition coefficient (Wildman–Crippen LogP) is 4.22. The lowest BCUT2D eigenvalue weighted by Gasteiger charge is -2.49. The molecule has 0 heterocycles. The SMILES string of the molecule is C=CCN[C@]12CCCC[C@H]1CCc1ccccc12.Cl. The summed E-state index contributed by atoms with van der Waals surface area (Å²) < 4.78 is 0. The fraction of sp³-hybridized carbons (Fsp3) is 0.529. The summed E-state index contributed by atoms with van der Waals surface area (Å²) in [5.41, 5.74) is 3.37. The van der Waals surface area contributed by atoms with Gasteiger partial charge in [-0.25, -0.2) is 0 Å². The van der Waals surface area contributed by atoms with Crippen LogP contribution in [0.4, 0.5) is 0 Å². The first kappa shape index (κ1) is 14.6. The van der Waals surface area contributed by atoms with Gasteiger partial charge in [0.2, 0.25) is 0 Å². The topological polar surface area (TPSA) is 12.0 Å². The summed E-state index contributed by atoms with van der Waals surface area (Å²) in [5, 5.41) is 3.82. The van der Waals surface area contributed by atoms with Gasteiger partial charge in [0.05, 0.1) is 0 Å². The zero-order chi connectivity index (χ0) is 12.4. The Morgan fingerprint density at radius 1 is 1.26 bits per heavy atom. The lowest BCUT2D eigenvalue weighted by Crippen LogP contribution is -2.52. The summed E-state index contributed by atoms with van der Waals surface area (Å²) in [6, 6.07) is 9.05. The molecule has 0 unspecified atom stereocenters. The van der Waals surface area contributed by atoms with E-state index >= 15 is 0 Å². The largest absolute Gasteiger partial charge is 0.304 e. The number of halogens is 1. The molecule has 0 spiro atoms. The van der Waals surface area contributed by atoms with Crippen LogP contribution >= 0.6 is 12.4 Å². The molecule has 104 valence electrons. The van der Waals surface area contributed by atoms with Crippen molar-refractivity contribution in [2.75, 3.05) is 6.54 Å². The van der Waals surface area contributed by atoms with Crippen molar-refractivity contribution >= 4 is 12.4 Å². The van der Waals surface area contributed by atoms with Gasteiger partial charge in [-0.15, -0.1) is 19.0 Å². The minimum absolute atomic E-state index is 0. The standard InChI is InChI=1S/C17H23N.ClH/c1-2-13-18-17-12-6-5-8-15(17)11-10-14-7-3-4-9-16(14)17;/h2-4,7,9,15,18H,1,5-6,8,10-13H2;1H/t15-,17+;/m0./s1. The molecular weight excluding hydrogens is 254 g/mol. The number of nitrogens with one attached hydrogen (secondary N) is 1. The van der Waals surface area contributed by atoms with Gasteiger partial charge in [0.15, 0.2) is 0 Å². The van der Waals surface area contributed by atoms with Crippen molar-refractivity contribution in [3.63, 3.8) is 0 Å². The maximum Gasteiger partial charge on any atom is 0.0468 e. The average Bonchev–Trinajstić information content (AvgIpc) is 2.45. The van der Waals surface area contributed by atoms with Crippen molar-refractivity contribution in [2.45, 2.75) is 44.1 Å². The first-order chi connectivity index (χ1) is 8.87. The number of rotatable bonds is 3. The van der Waals surface area contributed by atoms with E-state index in [0.29, 0.717) is 0 Å². The Kier molecular flexibility index (Phi) is 4.70. The molecular formula is C17H24ClN. The van der Waals surface area contributed by atoms with Gasteiger partial charge in [0.25, 0.3) is 0 Å². The summed E-state index contributed by atoms with van der Waals surface area (Å²) in [4.78, 5) is 0. The smallest absolute Gasteiger partial charge is 0.0468 e. The van der Waals surface area contributed by atoms with Crippen LogP contribution in [0.15, 0.2) is 36.9 Å². The third-order valence-corrected chi connectivity index (χ3v) is 4.89. The molecule has 19 heavy (non-hydrogen) atoms. The van der Waals surface area contributed by atoms with Crippen molar-refractivity contribution in [3.05, 3.63) is 48.0 Å². The van der Waals surface area contributed by atoms with Gasteiger partial charge in [-0.3, -0.25) is 0 Å². The molecule has 0 radical (unpaired) electrons. The molecule has 1 fully saturated rings. The van der Waals surface area contributed by atoms with Crippen molar-refractivity contribution in [3.8, 4) is 0 Å². The van der Waals surface area contributed by atoms with E-state index in [2.05, 4.69) is 36.2 Å². The average molecular weight is 278 g/mol. The number of fused-ring (bicyclic) bond motifs is 3. The molecule has 2 heteroatoms. The predicted molar refractivity (Wildman–Crippen MR) is 83.8 cm³/mol. The molecule has 2 aliphatic rings. The lowest BCUT2D eigenvalue weighted by molar-refractivity contribution is 0.124. The highest BCUT2D eigenvalue weighted by molar-refractivity contribution is 5.85. The van der Waals surface area contributed by atoms with E-state index in [4.69, 9.17) is 0 Å². The van der Waals surface area contributed by atoms with Crippen LogP contribution in [0, 0.1) is 5.92 Å². The van der Waals surface area contributed by atoms with Gasteiger partial charge in [-0.1, -0.05) is 43.2 Å². The molecule has 0 aromatic heterocycles. The molecule has 0 bridgehead atoms. The molecule has 1 aromatic rings. The van der Waals surface area contributed by atoms with Gasteiger partial charge in [0.1, 0.15) is 0 Å². The molecule has 3 rings (SSSR count). The molecule has 1 nitrogen and oxygen atoms in total. The highest BCUT2D eigenvalue weighted by atomic mass is 35.5. The van der Waals surface area contributed by atoms with Gasteiger partial charge >= 0.3 is 0 Å². The van der Waals surface area contributed by atoms with Crippen LogP contribution in [0.5, 0.6) is 0 Å². The zero-order valence-corrected chi connectivity index (χ0v) is 12.3. The van der Waals surface area contributed by atoms with E-state index in [1.54, 1.807) is 11.1 Å². The van der Waals surface area contributed by atoms with Crippen LogP contribution in [0.2, 0.25) is 0 Å². The Bertz CT molecular complexity index is 443. The van der Waals surface area contributed by atoms with Crippen LogP contribution in [0.25, 0.3) is 0 Å². The number of benzene rings is 1. The van der Waals surface area contributed by atoms with Crippen LogP contribution in [0.1, 0.15) is 43.2 Å². The zero-order valence-electron chi connectivity index (χ0n) is 11.5. The van der Waals surface area contributed by atoms with Crippen molar-refractivity contribution in [1.29, 1.82) is 0 Å². The van der Waals surface area contributed by atoms with Crippen LogP contribution in [0.3, 0.4) is 0 Å². The molecule has 0 aliphatic heterocycles. The number of aryl methyl sites for hydroxylation is 1. The fourth-order valence-electron chi connectivity index (χ4n) is 4.08. The number of hydrogen-bond donors (Lipinski definition) is 1. The number of hydrogen-bond acceptors (Lipinski definition) is 1. The summed E-state index contributed by atoms with van der Waals surface area (Å²) in [5.74, 6) is 0.820. The Morgan fingerprint density at radius 2 is 2.11 bits per heavy atom. The molecule has 0 amide bonds. The minimum Gasteiger partial charge on any atom is -0.304 e. The highest BCUT2D eigenvalue weighted by Gasteiger charge is 2.44. The molecule has 1 saturated carbocycles. The Labute approximate surface area is 122 Å². The van der Waals surface area contributed by atoms with Crippen LogP contribution in [-0.4, -0.2) is 6.54 Å². The third-order valence-electron chi connectivity index (χ3n) is 4.89. The van der Waals surface area contributed by atoms with Crippen LogP contribution in [-0.2, 0) is 12.0 Å². The van der Waals surface area contributed by atoms with E-state index in [9.17, 15) is 0 Å². The second-order valence-corrected chi connectivity index (χ2v) is 5.78. The van der Waals surface area contributed by atoms with E-state index in [1.807, 2.05) is 6.08 Å². The van der Waals surface area contributed by atoms with Crippen molar-refractivity contribution < 1.29 is 0 Å². The highest BCUT2D eigenvalue weighted by Crippen LogP contribution is 2.48. The van der Waals surface area contributed by atoms with Gasteiger partial charge < -0.3 is 5.32 Å². The minimum atomic E-state index is 0. The lowest BCUT2D eigenvalue weighted by atomic mass is 9.62. The Hall–Kier alpha value is -0.790. The van der Waals surface area contributed by atoms with Crippen molar-refractivity contribution in [2.24, 2.45) is 5.92 Å². The van der Waals surface area contributed by atoms with Gasteiger partial charge in [-0.05, 0) is 42.7 Å². The summed E-state index contributed by atoms with van der Waals surface area (Å²) in [6.07, 6.45) is 10.1. The first-order valence-corrected chi connectivity index (χ1v) is 7.31. The molecule has 1 N–H and O–H groups in total. The first-order valence-electron chi connectivity index (χ1n) is 7.31. The van der Waals surface area contributed by atoms with Gasteiger partial charge in [-0.2, -0.15) is 0 Å². The third kappa shape index (κ3) is 2.46. The normalized spacial score (nSPS) is 28.7. The van der Waals surface area contributed by atoms with Crippen molar-refractivity contribution in [1.82, 2.24) is 5.32 Å². The second kappa shape index (κ2) is 6.11. The summed E-state index contributed by atoms with van der Waals surface area (Å²) >= 11 is 0. The van der Waals surface area contributed by atoms with E-state index in [-0.39, 0.29) is 17.9 Å². The maximum atomic E-state index is 3.87. The fourth-order valence-corrected chi connectivity index (χ4v) is 4.08. The monoisotopic (exact) mass is 277 g/mol. The Balaban J connectivity index is 0.00000133. The molecule has 1 aromatic carbocycles. The summed E-state index contributed by atoms with van der Waals surface area (Å²) in [7, 11) is 0. The second-order valence-electron chi connectivity index (χ2n) is 5.78. The van der Waals surface area contributed by atoms with E-state index in [1.165, 1.54) is 38.5 Å². The van der Waals surface area contributed by atoms with Gasteiger partial charge in [0, 0.05) is 12.1 Å². The van der Waals surface area contributed by atoms with Crippen LogP contribution < -0.4 is 5.32 Å². The Morgan fingerprint density at radius 3 is 2.95 bits per heavy atom. The molecule has 2 atom stereocenters.